The second-order valence-electron chi connectivity index (χ2n) is 12.2. The molecule has 2 aliphatic rings. The topological polar surface area (TPSA) is 32.8 Å². The first-order valence-electron chi connectivity index (χ1n) is 13.5. The highest BCUT2D eigenvalue weighted by Gasteiger charge is 2.38. The molecule has 196 valence electrons. The lowest BCUT2D eigenvalue weighted by Gasteiger charge is -2.42. The van der Waals surface area contributed by atoms with E-state index < -0.39 is 0 Å². The van der Waals surface area contributed by atoms with Gasteiger partial charge in [0.05, 0.1) is 12.0 Å². The lowest BCUT2D eigenvalue weighted by atomic mass is 9.63. The zero-order chi connectivity index (χ0) is 26.5. The molecule has 0 spiro atoms. The average Bonchev–Trinajstić information content (AvgIpc) is 3.36. The van der Waals surface area contributed by atoms with Gasteiger partial charge in [0.1, 0.15) is 5.75 Å². The number of piperazine rings is 1. The van der Waals surface area contributed by atoms with Crippen LogP contribution in [0.3, 0.4) is 0 Å². The monoisotopic (exact) mass is 516 g/mol. The molecule has 0 saturated carbocycles. The smallest absolute Gasteiger partial charge is 0.264 e. The Bertz CT molecular complexity index is 1300. The fourth-order valence-electron chi connectivity index (χ4n) is 5.97. The van der Waals surface area contributed by atoms with Gasteiger partial charge >= 0.3 is 0 Å². The molecule has 1 aliphatic heterocycles. The Hall–Kier alpha value is -2.79. The molecule has 0 N–H and O–H groups in total. The molecule has 1 unspecified atom stereocenters. The number of thiophene rings is 1. The number of carbonyl (C=O) groups is 1. The highest BCUT2D eigenvalue weighted by atomic mass is 32.1. The number of ether oxygens (including phenoxy) is 1. The maximum Gasteiger partial charge on any atom is 0.264 e. The molecule has 1 fully saturated rings. The molecule has 2 heterocycles. The van der Waals surface area contributed by atoms with Gasteiger partial charge in [-0.2, -0.15) is 0 Å². The first kappa shape index (κ1) is 25.8. The van der Waals surface area contributed by atoms with E-state index in [2.05, 4.69) is 88.9 Å². The van der Waals surface area contributed by atoms with E-state index in [9.17, 15) is 4.79 Å². The van der Waals surface area contributed by atoms with Crippen LogP contribution in [0.5, 0.6) is 5.75 Å². The van der Waals surface area contributed by atoms with Crippen molar-refractivity contribution in [1.82, 2.24) is 4.90 Å². The van der Waals surface area contributed by atoms with Crippen molar-refractivity contribution in [3.05, 3.63) is 70.1 Å². The minimum absolute atomic E-state index is 0.120. The normalized spacial score (nSPS) is 20.5. The Labute approximate surface area is 226 Å². The van der Waals surface area contributed by atoms with E-state index in [4.69, 9.17) is 4.74 Å². The van der Waals surface area contributed by atoms with Crippen LogP contribution in [-0.2, 0) is 10.8 Å². The van der Waals surface area contributed by atoms with Crippen molar-refractivity contribution in [3.63, 3.8) is 0 Å². The standard InChI is InChI=1S/C32H40N2O2S/c1-21-8-10-23(11-9-21)34-17-16-33(20-22(34)2)30(35)29-13-12-28(37-29)24-18-25-26(19-27(24)36-7)32(5,6)15-14-31(25,3)4/h8-13,18-19,22H,14-17,20H2,1-7H3. The van der Waals surface area contributed by atoms with Crippen LogP contribution in [0.4, 0.5) is 5.69 Å². The third kappa shape index (κ3) is 4.79. The summed E-state index contributed by atoms with van der Waals surface area (Å²) in [5, 5.41) is 0. The summed E-state index contributed by atoms with van der Waals surface area (Å²) in [5.41, 5.74) is 6.63. The van der Waals surface area contributed by atoms with Crippen LogP contribution >= 0.6 is 11.3 Å². The molecular formula is C32H40N2O2S. The molecule has 3 aromatic rings. The minimum Gasteiger partial charge on any atom is -0.496 e. The van der Waals surface area contributed by atoms with Gasteiger partial charge < -0.3 is 14.5 Å². The highest BCUT2D eigenvalue weighted by molar-refractivity contribution is 7.17. The van der Waals surface area contributed by atoms with Crippen molar-refractivity contribution in [2.75, 3.05) is 31.6 Å². The number of benzene rings is 2. The predicted molar refractivity (Wildman–Crippen MR) is 155 cm³/mol. The van der Waals surface area contributed by atoms with Gasteiger partial charge in [0.15, 0.2) is 0 Å². The second kappa shape index (κ2) is 9.50. The van der Waals surface area contributed by atoms with E-state index in [-0.39, 0.29) is 22.8 Å². The summed E-state index contributed by atoms with van der Waals surface area (Å²) in [6.45, 7) is 16.0. The molecule has 4 nitrogen and oxygen atoms in total. The third-order valence-electron chi connectivity index (χ3n) is 8.54. The van der Waals surface area contributed by atoms with Crippen LogP contribution in [0, 0.1) is 6.92 Å². The SMILES string of the molecule is COc1cc2c(cc1-c1ccc(C(=O)N3CCN(c4ccc(C)cc4)C(C)C3)s1)C(C)(C)CCC2(C)C. The number of hydrogen-bond acceptors (Lipinski definition) is 4. The molecule has 5 heteroatoms. The number of aryl methyl sites for hydroxylation is 1. The first-order chi connectivity index (χ1) is 17.5. The molecular weight excluding hydrogens is 476 g/mol. The largest absolute Gasteiger partial charge is 0.496 e. The second-order valence-corrected chi connectivity index (χ2v) is 13.2. The number of nitrogens with zero attached hydrogens (tertiary/aromatic N) is 2. The van der Waals surface area contributed by atoms with E-state index in [1.54, 1.807) is 18.4 Å². The molecule has 2 aromatic carbocycles. The number of amides is 1. The summed E-state index contributed by atoms with van der Waals surface area (Å²) in [5.74, 6) is 1.02. The number of fused-ring (bicyclic) bond motifs is 1. The van der Waals surface area contributed by atoms with Crippen LogP contribution < -0.4 is 9.64 Å². The Morgan fingerprint density at radius 3 is 2.22 bits per heavy atom. The third-order valence-corrected chi connectivity index (χ3v) is 9.64. The highest BCUT2D eigenvalue weighted by Crippen LogP contribution is 2.49. The van der Waals surface area contributed by atoms with Gasteiger partial charge in [-0.3, -0.25) is 4.79 Å². The van der Waals surface area contributed by atoms with E-state index in [0.717, 1.165) is 40.7 Å². The van der Waals surface area contributed by atoms with Crippen molar-refractivity contribution < 1.29 is 9.53 Å². The molecule has 0 radical (unpaired) electrons. The van der Waals surface area contributed by atoms with Crippen molar-refractivity contribution in [2.45, 2.75) is 71.3 Å². The van der Waals surface area contributed by atoms with E-state index in [1.807, 2.05) is 11.0 Å². The number of methoxy groups -OCH3 is 1. The van der Waals surface area contributed by atoms with Gasteiger partial charge in [0.2, 0.25) is 0 Å². The number of rotatable bonds is 4. The summed E-state index contributed by atoms with van der Waals surface area (Å²) in [6, 6.07) is 17.6. The molecule has 5 rings (SSSR count). The summed E-state index contributed by atoms with van der Waals surface area (Å²) in [7, 11) is 1.75. The summed E-state index contributed by atoms with van der Waals surface area (Å²) < 4.78 is 5.89. The summed E-state index contributed by atoms with van der Waals surface area (Å²) >= 11 is 1.58. The van der Waals surface area contributed by atoms with Gasteiger partial charge in [0.25, 0.3) is 5.91 Å². The van der Waals surface area contributed by atoms with E-state index >= 15 is 0 Å². The van der Waals surface area contributed by atoms with Crippen LogP contribution in [0.1, 0.15) is 73.8 Å². The van der Waals surface area contributed by atoms with Crippen LogP contribution in [0.15, 0.2) is 48.5 Å². The Morgan fingerprint density at radius 2 is 1.59 bits per heavy atom. The first-order valence-corrected chi connectivity index (χ1v) is 14.3. The Balaban J connectivity index is 1.39. The van der Waals surface area contributed by atoms with E-state index in [0.29, 0.717) is 0 Å². The van der Waals surface area contributed by atoms with Crippen LogP contribution in [-0.4, -0.2) is 43.6 Å². The average molecular weight is 517 g/mol. The Kier molecular flexibility index (Phi) is 6.64. The predicted octanol–water partition coefficient (Wildman–Crippen LogP) is 7.43. The Morgan fingerprint density at radius 1 is 0.946 bits per heavy atom. The van der Waals surface area contributed by atoms with Crippen molar-refractivity contribution in [3.8, 4) is 16.2 Å². The van der Waals surface area contributed by atoms with Crippen molar-refractivity contribution in [1.29, 1.82) is 0 Å². The maximum atomic E-state index is 13.5. The number of hydrogen-bond donors (Lipinski definition) is 0. The number of carbonyl (C=O) groups excluding carboxylic acids is 1. The van der Waals surface area contributed by atoms with Gasteiger partial charge in [-0.15, -0.1) is 11.3 Å². The van der Waals surface area contributed by atoms with E-state index in [1.165, 1.54) is 35.2 Å². The fourth-order valence-corrected chi connectivity index (χ4v) is 6.97. The molecule has 1 aliphatic carbocycles. The zero-order valence-corrected chi connectivity index (χ0v) is 24.2. The summed E-state index contributed by atoms with van der Waals surface area (Å²) in [6.07, 6.45) is 2.34. The minimum atomic E-state index is 0.120. The van der Waals surface area contributed by atoms with Gasteiger partial charge in [-0.05, 0) is 85.0 Å². The van der Waals surface area contributed by atoms with Gasteiger partial charge in [-0.1, -0.05) is 45.4 Å². The molecule has 1 saturated heterocycles. The van der Waals surface area contributed by atoms with Crippen LogP contribution in [0.2, 0.25) is 0 Å². The quantitative estimate of drug-likeness (QED) is 0.361. The maximum absolute atomic E-state index is 13.5. The van der Waals surface area contributed by atoms with Gasteiger partial charge in [-0.25, -0.2) is 0 Å². The van der Waals surface area contributed by atoms with Crippen molar-refractivity contribution in [2.24, 2.45) is 0 Å². The number of anilines is 1. The summed E-state index contributed by atoms with van der Waals surface area (Å²) in [4.78, 5) is 19.8. The molecule has 1 amide bonds. The molecule has 1 aromatic heterocycles. The molecule has 1 atom stereocenters. The van der Waals surface area contributed by atoms with Crippen molar-refractivity contribution >= 4 is 22.9 Å². The molecule has 37 heavy (non-hydrogen) atoms. The lowest BCUT2D eigenvalue weighted by molar-refractivity contribution is 0.0731. The zero-order valence-electron chi connectivity index (χ0n) is 23.4. The molecule has 0 bridgehead atoms. The lowest BCUT2D eigenvalue weighted by Crippen LogP contribution is -2.53. The van der Waals surface area contributed by atoms with Gasteiger partial charge in [0, 0.05) is 41.8 Å². The van der Waals surface area contributed by atoms with Crippen LogP contribution in [0.25, 0.3) is 10.4 Å². The fraction of sp³-hybridized carbons (Fsp3) is 0.469.